The molecule has 9 heteroatoms. The van der Waals surface area contributed by atoms with Crippen LogP contribution in [0.25, 0.3) is 0 Å². The summed E-state index contributed by atoms with van der Waals surface area (Å²) < 4.78 is 28.9. The van der Waals surface area contributed by atoms with Crippen LogP contribution in [-0.2, 0) is 23.9 Å². The largest absolute Gasteiger partial charge is 0.458 e. The number of nitrogens with one attached hydrogen (secondary N) is 1. The number of rotatable bonds is 6. The molecule has 2 N–H and O–H groups in total. The number of aliphatic hydroxyl groups excluding tert-OH is 1. The molecule has 3 saturated carbocycles. The van der Waals surface area contributed by atoms with Crippen LogP contribution < -0.4 is 5.32 Å². The van der Waals surface area contributed by atoms with Crippen LogP contribution in [0.2, 0.25) is 0 Å². The molecule has 226 valence electrons. The van der Waals surface area contributed by atoms with Crippen molar-refractivity contribution in [2.45, 2.75) is 83.7 Å². The summed E-state index contributed by atoms with van der Waals surface area (Å²) in [4.78, 5) is 51.4. The fourth-order valence-corrected chi connectivity index (χ4v) is 8.85. The summed E-state index contributed by atoms with van der Waals surface area (Å²) >= 11 is 0. The molecular formula is C33H40FNO7. The van der Waals surface area contributed by atoms with Crippen molar-refractivity contribution in [3.05, 3.63) is 59.7 Å². The highest BCUT2D eigenvalue weighted by molar-refractivity contribution is 6.01. The lowest BCUT2D eigenvalue weighted by Gasteiger charge is -2.62. The summed E-state index contributed by atoms with van der Waals surface area (Å²) in [7, 11) is 0. The molecule has 0 spiro atoms. The average molecular weight is 582 g/mol. The lowest BCUT2D eigenvalue weighted by molar-refractivity contribution is -0.219. The Morgan fingerprint density at radius 2 is 1.86 bits per heavy atom. The topological polar surface area (TPSA) is 119 Å². The number of amides is 1. The number of carbonyl (C=O) groups excluding carboxylic acids is 4. The number of allylic oxidation sites excluding steroid dienone is 4. The molecule has 0 saturated heterocycles. The number of carbonyl (C=O) groups is 4. The zero-order chi connectivity index (χ0) is 30.7. The van der Waals surface area contributed by atoms with Gasteiger partial charge in [-0.3, -0.25) is 14.4 Å². The van der Waals surface area contributed by atoms with Gasteiger partial charge in [0.2, 0.25) is 5.78 Å². The molecule has 0 radical (unpaired) electrons. The first-order valence-electron chi connectivity index (χ1n) is 14.7. The number of hydrogen-bond acceptors (Lipinski definition) is 7. The van der Waals surface area contributed by atoms with Gasteiger partial charge in [-0.05, 0) is 63.2 Å². The molecule has 0 bridgehead atoms. The maximum atomic E-state index is 17.6. The molecule has 0 heterocycles. The van der Waals surface area contributed by atoms with Gasteiger partial charge in [-0.25, -0.2) is 9.18 Å². The second kappa shape index (κ2) is 10.4. The van der Waals surface area contributed by atoms with Gasteiger partial charge in [-0.2, -0.15) is 0 Å². The van der Waals surface area contributed by atoms with E-state index in [0.29, 0.717) is 24.8 Å². The molecule has 42 heavy (non-hydrogen) atoms. The van der Waals surface area contributed by atoms with Crippen LogP contribution in [0.1, 0.15) is 71.9 Å². The third-order valence-electron chi connectivity index (χ3n) is 10.9. The second-order valence-corrected chi connectivity index (χ2v) is 13.0. The van der Waals surface area contributed by atoms with Gasteiger partial charge in [0.05, 0.1) is 12.1 Å². The van der Waals surface area contributed by atoms with Crippen molar-refractivity contribution in [1.29, 1.82) is 0 Å². The van der Waals surface area contributed by atoms with Crippen LogP contribution in [0.3, 0.4) is 0 Å². The SMILES string of the molecule is CC(=O)OCC(=O)[C@]1(OC(=O)N[C@@H](C)c2ccccc2)[C@@H](C)CC2C3CCC4=CC(=O)C=C[C@]4(C)C3(F)[C@@H](O)C[C@@]21C. The Labute approximate surface area is 245 Å². The van der Waals surface area contributed by atoms with Crippen LogP contribution in [0.5, 0.6) is 0 Å². The van der Waals surface area contributed by atoms with Crippen LogP contribution in [0.4, 0.5) is 9.18 Å². The molecule has 5 rings (SSSR count). The highest BCUT2D eigenvalue weighted by atomic mass is 19.1. The van der Waals surface area contributed by atoms with Crippen molar-refractivity contribution in [2.24, 2.45) is 28.6 Å². The lowest BCUT2D eigenvalue weighted by atomic mass is 9.44. The highest BCUT2D eigenvalue weighted by Crippen LogP contribution is 2.71. The molecule has 8 nitrogen and oxygen atoms in total. The number of ketones is 2. The summed E-state index contributed by atoms with van der Waals surface area (Å²) in [6.07, 6.45) is 3.12. The van der Waals surface area contributed by atoms with E-state index in [-0.39, 0.29) is 12.2 Å². The Kier molecular flexibility index (Phi) is 7.49. The summed E-state index contributed by atoms with van der Waals surface area (Å²) in [6.45, 7) is 7.69. The molecule has 1 amide bonds. The summed E-state index contributed by atoms with van der Waals surface area (Å²) in [5.41, 5.74) is -4.74. The number of hydrogen-bond donors (Lipinski definition) is 2. The van der Waals surface area contributed by atoms with E-state index >= 15 is 4.39 Å². The first-order valence-corrected chi connectivity index (χ1v) is 14.7. The molecule has 4 aliphatic rings. The normalized spacial score (nSPS) is 39.2. The Hall–Kier alpha value is -3.33. The van der Waals surface area contributed by atoms with Crippen LogP contribution >= 0.6 is 0 Å². The minimum absolute atomic E-state index is 0.160. The van der Waals surface area contributed by atoms with Gasteiger partial charge in [0, 0.05) is 29.6 Å². The Morgan fingerprint density at radius 1 is 1.17 bits per heavy atom. The van der Waals surface area contributed by atoms with Crippen molar-refractivity contribution in [3.8, 4) is 0 Å². The maximum Gasteiger partial charge on any atom is 0.408 e. The Bertz CT molecular complexity index is 1360. The lowest BCUT2D eigenvalue weighted by Crippen LogP contribution is -2.70. The van der Waals surface area contributed by atoms with E-state index in [2.05, 4.69) is 5.32 Å². The number of ether oxygens (including phenoxy) is 2. The van der Waals surface area contributed by atoms with E-state index in [0.717, 1.165) is 5.56 Å². The van der Waals surface area contributed by atoms with Crippen molar-refractivity contribution in [1.82, 2.24) is 5.32 Å². The highest BCUT2D eigenvalue weighted by Gasteiger charge is 2.77. The summed E-state index contributed by atoms with van der Waals surface area (Å²) in [5, 5.41) is 14.5. The van der Waals surface area contributed by atoms with Crippen molar-refractivity contribution in [2.75, 3.05) is 6.61 Å². The number of Topliss-reactive ketones (excluding diaryl/α,β-unsaturated/α-hetero) is 1. The first-order chi connectivity index (χ1) is 19.7. The minimum Gasteiger partial charge on any atom is -0.458 e. The van der Waals surface area contributed by atoms with Gasteiger partial charge in [-0.1, -0.05) is 55.8 Å². The van der Waals surface area contributed by atoms with E-state index in [1.165, 1.54) is 19.1 Å². The van der Waals surface area contributed by atoms with Gasteiger partial charge >= 0.3 is 12.1 Å². The molecule has 1 aromatic rings. The summed E-state index contributed by atoms with van der Waals surface area (Å²) in [6, 6.07) is 8.86. The van der Waals surface area contributed by atoms with Crippen molar-refractivity contribution >= 4 is 23.6 Å². The van der Waals surface area contributed by atoms with Gasteiger partial charge in [0.25, 0.3) is 0 Å². The number of alkyl halides is 1. The predicted octanol–water partition coefficient (Wildman–Crippen LogP) is 4.96. The number of esters is 1. The van der Waals surface area contributed by atoms with Gasteiger partial charge in [-0.15, -0.1) is 0 Å². The van der Waals surface area contributed by atoms with Crippen molar-refractivity contribution in [3.63, 3.8) is 0 Å². The standard InChI is InChI=1S/C33H40FNO7/c1-19-15-26-25-12-11-23-16-24(37)13-14-30(23,4)32(25,34)27(38)17-31(26,5)33(19,28(39)18-41-21(3)36)42-29(40)35-20(2)22-9-7-6-8-10-22/h6-10,13-14,16,19-20,25-27,38H,11-12,15,17-18H2,1-5H3,(H,35,40)/t19-,20-,25?,26?,27-,30-,31-,32?,33+/m0/s1. The van der Waals surface area contributed by atoms with E-state index in [1.807, 2.05) is 30.3 Å². The first kappa shape index (κ1) is 30.1. The molecule has 0 aromatic heterocycles. The molecule has 3 unspecified atom stereocenters. The third-order valence-corrected chi connectivity index (χ3v) is 10.9. The van der Waals surface area contributed by atoms with Crippen LogP contribution in [0, 0.1) is 28.6 Å². The zero-order valence-corrected chi connectivity index (χ0v) is 24.8. The predicted molar refractivity (Wildman–Crippen MR) is 152 cm³/mol. The van der Waals surface area contributed by atoms with E-state index < -0.39 is 76.5 Å². The fourth-order valence-electron chi connectivity index (χ4n) is 8.85. The van der Waals surface area contributed by atoms with Gasteiger partial charge < -0.3 is 19.9 Å². The molecule has 4 aliphatic carbocycles. The monoisotopic (exact) mass is 581 g/mol. The average Bonchev–Trinajstić information content (AvgIpc) is 3.15. The van der Waals surface area contributed by atoms with Crippen LogP contribution in [-0.4, -0.2) is 52.7 Å². The van der Waals surface area contributed by atoms with E-state index in [1.54, 1.807) is 33.8 Å². The Morgan fingerprint density at radius 3 is 2.52 bits per heavy atom. The molecule has 0 aliphatic heterocycles. The van der Waals surface area contributed by atoms with Crippen molar-refractivity contribution < 1.29 is 38.1 Å². The third kappa shape index (κ3) is 4.26. The quantitative estimate of drug-likeness (QED) is 0.456. The van der Waals surface area contributed by atoms with E-state index in [9.17, 15) is 24.3 Å². The number of aliphatic hydroxyl groups is 1. The van der Waals surface area contributed by atoms with Crippen LogP contribution in [0.15, 0.2) is 54.1 Å². The molecular weight excluding hydrogens is 541 g/mol. The van der Waals surface area contributed by atoms with Gasteiger partial charge in [0.1, 0.15) is 0 Å². The second-order valence-electron chi connectivity index (χ2n) is 13.0. The van der Waals surface area contributed by atoms with Gasteiger partial charge in [0.15, 0.2) is 23.7 Å². The molecule has 1 aromatic carbocycles. The fraction of sp³-hybridized carbons (Fsp3) is 0.576. The number of benzene rings is 1. The Balaban J connectivity index is 1.54. The number of alkyl carbamates (subject to hydrolysis) is 1. The molecule has 3 fully saturated rings. The van der Waals surface area contributed by atoms with E-state index in [4.69, 9.17) is 9.47 Å². The number of halogens is 1. The maximum absolute atomic E-state index is 17.6. The zero-order valence-electron chi connectivity index (χ0n) is 24.8. The molecule has 9 atom stereocenters. The number of fused-ring (bicyclic) bond motifs is 5. The smallest absolute Gasteiger partial charge is 0.408 e. The minimum atomic E-state index is -2.10. The summed E-state index contributed by atoms with van der Waals surface area (Å²) in [5.74, 6) is -3.12.